The molecule has 5 heteroatoms. The third-order valence-electron chi connectivity index (χ3n) is 4.05. The van der Waals surface area contributed by atoms with Gasteiger partial charge in [-0.05, 0) is 24.3 Å². The van der Waals surface area contributed by atoms with E-state index >= 15 is 0 Å². The second-order valence-electron chi connectivity index (χ2n) is 5.11. The van der Waals surface area contributed by atoms with Gasteiger partial charge in [0, 0.05) is 6.54 Å². The normalized spacial score (nSPS) is 27.8. The summed E-state index contributed by atoms with van der Waals surface area (Å²) in [7, 11) is 0. The molecule has 0 radical (unpaired) electrons. The number of likely N-dealkylation sites (tertiary alicyclic amines) is 1. The predicted octanol–water partition coefficient (Wildman–Crippen LogP) is 1.87. The number of piperidine rings is 1. The van der Waals surface area contributed by atoms with Crippen molar-refractivity contribution >= 4 is 12.1 Å². The van der Waals surface area contributed by atoms with Crippen molar-refractivity contribution in [2.75, 3.05) is 6.54 Å². The molecule has 1 aromatic carbocycles. The number of fused-ring (bicyclic) bond motifs is 1. The van der Waals surface area contributed by atoms with Gasteiger partial charge in [0.15, 0.2) is 0 Å². The topological polar surface area (TPSA) is 66.8 Å². The fourth-order valence-corrected chi connectivity index (χ4v) is 2.90. The van der Waals surface area contributed by atoms with Crippen molar-refractivity contribution in [3.63, 3.8) is 0 Å². The molecule has 1 aliphatic heterocycles. The minimum Gasteiger partial charge on any atom is -0.479 e. The zero-order valence-corrected chi connectivity index (χ0v) is 10.4. The van der Waals surface area contributed by atoms with Crippen LogP contribution in [0.1, 0.15) is 18.4 Å². The van der Waals surface area contributed by atoms with Crippen LogP contribution in [0.4, 0.5) is 4.79 Å². The molecule has 1 N–H and O–H groups in total. The van der Waals surface area contributed by atoms with Crippen molar-refractivity contribution in [2.45, 2.75) is 25.0 Å². The number of ether oxygens (including phenoxy) is 1. The van der Waals surface area contributed by atoms with Gasteiger partial charge >= 0.3 is 12.1 Å². The zero-order chi connectivity index (χ0) is 13.5. The van der Waals surface area contributed by atoms with Crippen molar-refractivity contribution in [2.24, 2.45) is 5.92 Å². The molecule has 2 aliphatic rings. The quantitative estimate of drug-likeness (QED) is 0.902. The third-order valence-corrected chi connectivity index (χ3v) is 4.05. The molecular formula is C14H15NO4. The molecule has 1 aliphatic carbocycles. The van der Waals surface area contributed by atoms with Gasteiger partial charge in [0.1, 0.15) is 12.1 Å². The number of carboxylic acids is 1. The van der Waals surface area contributed by atoms with Crippen LogP contribution < -0.4 is 0 Å². The fraction of sp³-hybridized carbons (Fsp3) is 0.429. The van der Waals surface area contributed by atoms with Crippen molar-refractivity contribution in [1.82, 2.24) is 4.90 Å². The minimum absolute atomic E-state index is 0.106. The standard InChI is InChI=1S/C14H15NO4/c16-12(17)14-8-11(14)6-7-15(14)13(18)19-9-10-4-2-1-3-5-10/h1-5,11H,6-9H2,(H,16,17). The van der Waals surface area contributed by atoms with Gasteiger partial charge in [0.05, 0.1) is 0 Å². The van der Waals surface area contributed by atoms with Crippen LogP contribution in [0.25, 0.3) is 0 Å². The van der Waals surface area contributed by atoms with E-state index in [1.807, 2.05) is 30.3 Å². The summed E-state index contributed by atoms with van der Waals surface area (Å²) in [5, 5.41) is 9.27. The molecule has 5 nitrogen and oxygen atoms in total. The smallest absolute Gasteiger partial charge is 0.411 e. The van der Waals surface area contributed by atoms with Gasteiger partial charge < -0.3 is 9.84 Å². The molecule has 1 amide bonds. The highest BCUT2D eigenvalue weighted by Gasteiger charge is 2.69. The second-order valence-corrected chi connectivity index (χ2v) is 5.11. The number of nitrogens with zero attached hydrogens (tertiary/aromatic N) is 1. The van der Waals surface area contributed by atoms with Crippen LogP contribution in [0.5, 0.6) is 0 Å². The molecule has 0 spiro atoms. The largest absolute Gasteiger partial charge is 0.479 e. The highest BCUT2D eigenvalue weighted by atomic mass is 16.6. The summed E-state index contributed by atoms with van der Waals surface area (Å²) in [5.74, 6) is -0.805. The highest BCUT2D eigenvalue weighted by molar-refractivity contribution is 5.89. The van der Waals surface area contributed by atoms with E-state index in [0.29, 0.717) is 13.0 Å². The van der Waals surface area contributed by atoms with E-state index in [0.717, 1.165) is 12.0 Å². The van der Waals surface area contributed by atoms with E-state index < -0.39 is 17.6 Å². The summed E-state index contributed by atoms with van der Waals surface area (Å²) in [6, 6.07) is 9.36. The summed E-state index contributed by atoms with van der Waals surface area (Å²) >= 11 is 0. The molecular weight excluding hydrogens is 246 g/mol. The van der Waals surface area contributed by atoms with Crippen LogP contribution in [0, 0.1) is 5.92 Å². The maximum atomic E-state index is 12.0. The summed E-state index contributed by atoms with van der Waals surface area (Å²) < 4.78 is 5.21. The van der Waals surface area contributed by atoms with E-state index in [1.54, 1.807) is 0 Å². The maximum Gasteiger partial charge on any atom is 0.411 e. The predicted molar refractivity (Wildman–Crippen MR) is 66.4 cm³/mol. The lowest BCUT2D eigenvalue weighted by Crippen LogP contribution is -2.45. The van der Waals surface area contributed by atoms with E-state index in [1.165, 1.54) is 4.90 Å². The van der Waals surface area contributed by atoms with Gasteiger partial charge in [-0.25, -0.2) is 9.59 Å². The average molecular weight is 261 g/mol. The molecule has 2 unspecified atom stereocenters. The molecule has 1 saturated carbocycles. The Balaban J connectivity index is 1.64. The van der Waals surface area contributed by atoms with Crippen LogP contribution in [0.2, 0.25) is 0 Å². The molecule has 1 aromatic rings. The lowest BCUT2D eigenvalue weighted by atomic mass is 10.2. The third kappa shape index (κ3) is 1.85. The first-order valence-corrected chi connectivity index (χ1v) is 6.36. The summed E-state index contributed by atoms with van der Waals surface area (Å²) in [6.45, 7) is 0.654. The first-order valence-electron chi connectivity index (χ1n) is 6.36. The van der Waals surface area contributed by atoms with Crippen LogP contribution in [-0.4, -0.2) is 34.2 Å². The number of carbonyl (C=O) groups is 2. The Morgan fingerprint density at radius 2 is 2.11 bits per heavy atom. The number of amides is 1. The van der Waals surface area contributed by atoms with Crippen molar-refractivity contribution in [3.05, 3.63) is 35.9 Å². The Kier molecular flexibility index (Phi) is 2.69. The van der Waals surface area contributed by atoms with Crippen molar-refractivity contribution in [3.8, 4) is 0 Å². The molecule has 2 atom stereocenters. The zero-order valence-electron chi connectivity index (χ0n) is 10.4. The lowest BCUT2D eigenvalue weighted by molar-refractivity contribution is -0.144. The fourth-order valence-electron chi connectivity index (χ4n) is 2.90. The molecule has 19 heavy (non-hydrogen) atoms. The van der Waals surface area contributed by atoms with Crippen LogP contribution in [0.3, 0.4) is 0 Å². The lowest BCUT2D eigenvalue weighted by Gasteiger charge is -2.24. The molecule has 1 heterocycles. The average Bonchev–Trinajstić information content (AvgIpc) is 3.04. The first-order chi connectivity index (χ1) is 9.14. The minimum atomic E-state index is -0.978. The Morgan fingerprint density at radius 3 is 2.74 bits per heavy atom. The van der Waals surface area contributed by atoms with Crippen LogP contribution in [0.15, 0.2) is 30.3 Å². The SMILES string of the molecule is O=C(OCc1ccccc1)N1CCC2CC21C(=O)O. The number of aliphatic carboxylic acids is 1. The van der Waals surface area contributed by atoms with E-state index in [2.05, 4.69) is 0 Å². The molecule has 100 valence electrons. The molecule has 0 bridgehead atoms. The first kappa shape index (κ1) is 12.0. The number of benzene rings is 1. The highest BCUT2D eigenvalue weighted by Crippen LogP contribution is 2.55. The molecule has 2 fully saturated rings. The van der Waals surface area contributed by atoms with Gasteiger partial charge in [-0.2, -0.15) is 0 Å². The van der Waals surface area contributed by atoms with Gasteiger partial charge in [-0.15, -0.1) is 0 Å². The summed E-state index contributed by atoms with van der Waals surface area (Å²) in [4.78, 5) is 24.7. The number of carboxylic acid groups (broad SMARTS) is 1. The molecule has 3 rings (SSSR count). The number of hydrogen-bond acceptors (Lipinski definition) is 3. The van der Waals surface area contributed by atoms with Crippen molar-refractivity contribution < 1.29 is 19.4 Å². The van der Waals surface area contributed by atoms with Crippen molar-refractivity contribution in [1.29, 1.82) is 0 Å². The van der Waals surface area contributed by atoms with Crippen LogP contribution in [-0.2, 0) is 16.1 Å². The Bertz CT molecular complexity index is 515. The van der Waals surface area contributed by atoms with Gasteiger partial charge in [-0.3, -0.25) is 4.90 Å². The number of carbonyl (C=O) groups excluding carboxylic acids is 1. The van der Waals surface area contributed by atoms with Gasteiger partial charge in [0.2, 0.25) is 0 Å². The number of rotatable bonds is 3. The Labute approximate surface area is 110 Å². The Morgan fingerprint density at radius 1 is 1.37 bits per heavy atom. The van der Waals surface area contributed by atoms with E-state index in [4.69, 9.17) is 4.74 Å². The maximum absolute atomic E-state index is 12.0. The van der Waals surface area contributed by atoms with Crippen LogP contribution >= 0.6 is 0 Å². The molecule has 0 aromatic heterocycles. The van der Waals surface area contributed by atoms with Gasteiger partial charge in [0.25, 0.3) is 0 Å². The molecule has 1 saturated heterocycles. The summed E-state index contributed by atoms with van der Waals surface area (Å²) in [6.07, 6.45) is 0.793. The van der Waals surface area contributed by atoms with E-state index in [-0.39, 0.29) is 12.5 Å². The second kappa shape index (κ2) is 4.26. The number of hydrogen-bond donors (Lipinski definition) is 1. The summed E-state index contributed by atoms with van der Waals surface area (Å²) in [5.41, 5.74) is -0.0832. The van der Waals surface area contributed by atoms with E-state index in [9.17, 15) is 14.7 Å². The Hall–Kier alpha value is -2.04. The monoisotopic (exact) mass is 261 g/mol. The van der Waals surface area contributed by atoms with Gasteiger partial charge in [-0.1, -0.05) is 30.3 Å².